The van der Waals surface area contributed by atoms with Crippen LogP contribution >= 0.6 is 0 Å². The Bertz CT molecular complexity index is 99.1. The summed E-state index contributed by atoms with van der Waals surface area (Å²) in [5, 5.41) is 0. The van der Waals surface area contributed by atoms with E-state index in [1.807, 2.05) is 6.08 Å². The van der Waals surface area contributed by atoms with Gasteiger partial charge in [0.15, 0.2) is 0 Å². The van der Waals surface area contributed by atoms with Crippen LogP contribution in [0.2, 0.25) is 0 Å². The summed E-state index contributed by atoms with van der Waals surface area (Å²) >= 11 is 0. The van der Waals surface area contributed by atoms with Crippen LogP contribution in [0.3, 0.4) is 0 Å². The van der Waals surface area contributed by atoms with Crippen LogP contribution in [0.4, 0.5) is 0 Å². The first-order valence-corrected chi connectivity index (χ1v) is 2.72. The Hall–Kier alpha value is -0.790. The average molecular weight is 112 g/mol. The minimum Gasteiger partial charge on any atom is -0.387 e. The van der Waals surface area contributed by atoms with Crippen LogP contribution in [-0.2, 0) is 0 Å². The molecule has 0 amide bonds. The van der Waals surface area contributed by atoms with Crippen molar-refractivity contribution >= 4 is 5.84 Å². The molecule has 0 aromatic heterocycles. The summed E-state index contributed by atoms with van der Waals surface area (Å²) in [6.45, 7) is 3.82. The van der Waals surface area contributed by atoms with E-state index >= 15 is 0 Å². The summed E-state index contributed by atoms with van der Waals surface area (Å²) in [5.41, 5.74) is 5.23. The zero-order valence-corrected chi connectivity index (χ0v) is 5.39. The van der Waals surface area contributed by atoms with Crippen molar-refractivity contribution in [2.24, 2.45) is 10.7 Å². The second-order valence-electron chi connectivity index (χ2n) is 1.56. The predicted octanol–water partition coefficient (Wildman–Crippen LogP) is 1.29. The van der Waals surface area contributed by atoms with Crippen LogP contribution in [0.15, 0.2) is 17.3 Å². The number of nitrogens with zero attached hydrogens (tertiary/aromatic N) is 1. The van der Waals surface area contributed by atoms with Gasteiger partial charge in [0.1, 0.15) is 0 Å². The van der Waals surface area contributed by atoms with Gasteiger partial charge in [-0.3, -0.25) is 0 Å². The third-order valence-electron chi connectivity index (χ3n) is 0.619. The SMILES string of the molecule is CC/C=C\N=C(C)N. The zero-order chi connectivity index (χ0) is 6.41. The molecule has 0 fully saturated rings. The molecule has 0 spiro atoms. The molecule has 0 aromatic rings. The molecule has 0 heterocycles. The second-order valence-corrected chi connectivity index (χ2v) is 1.56. The normalized spacial score (nSPS) is 13.0. The molecule has 2 N–H and O–H groups in total. The summed E-state index contributed by atoms with van der Waals surface area (Å²) in [4.78, 5) is 3.83. The van der Waals surface area contributed by atoms with Crippen molar-refractivity contribution in [3.63, 3.8) is 0 Å². The van der Waals surface area contributed by atoms with Crippen molar-refractivity contribution in [2.45, 2.75) is 20.3 Å². The van der Waals surface area contributed by atoms with Gasteiger partial charge in [0.25, 0.3) is 0 Å². The van der Waals surface area contributed by atoms with Crippen LogP contribution in [0.5, 0.6) is 0 Å². The first-order valence-electron chi connectivity index (χ1n) is 2.72. The lowest BCUT2D eigenvalue weighted by molar-refractivity contribution is 1.21. The Balaban J connectivity index is 3.42. The summed E-state index contributed by atoms with van der Waals surface area (Å²) in [6, 6.07) is 0. The average Bonchev–Trinajstić information content (AvgIpc) is 1.66. The van der Waals surface area contributed by atoms with E-state index in [0.29, 0.717) is 5.84 Å². The first-order chi connectivity index (χ1) is 3.77. The van der Waals surface area contributed by atoms with Gasteiger partial charge in [0, 0.05) is 6.20 Å². The lowest BCUT2D eigenvalue weighted by atomic mass is 10.5. The van der Waals surface area contributed by atoms with Crippen molar-refractivity contribution in [3.8, 4) is 0 Å². The molecular formula is C6H12N2. The predicted molar refractivity (Wildman–Crippen MR) is 36.7 cm³/mol. The third kappa shape index (κ3) is 5.21. The maximum Gasteiger partial charge on any atom is 0.0957 e. The van der Waals surface area contributed by atoms with Crippen molar-refractivity contribution < 1.29 is 0 Å². The van der Waals surface area contributed by atoms with Gasteiger partial charge in [-0.2, -0.15) is 0 Å². The van der Waals surface area contributed by atoms with E-state index in [1.165, 1.54) is 0 Å². The highest BCUT2D eigenvalue weighted by Crippen LogP contribution is 1.79. The Labute approximate surface area is 50.1 Å². The second kappa shape index (κ2) is 4.37. The molecule has 0 aliphatic rings. The van der Waals surface area contributed by atoms with Crippen molar-refractivity contribution in [3.05, 3.63) is 12.3 Å². The van der Waals surface area contributed by atoms with Crippen molar-refractivity contribution in [1.29, 1.82) is 0 Å². The molecular weight excluding hydrogens is 100 g/mol. The van der Waals surface area contributed by atoms with Crippen molar-refractivity contribution in [1.82, 2.24) is 0 Å². The molecule has 0 atom stereocenters. The molecule has 2 heteroatoms. The molecule has 0 aromatic carbocycles. The fraction of sp³-hybridized carbons (Fsp3) is 0.500. The molecule has 0 radical (unpaired) electrons. The van der Waals surface area contributed by atoms with E-state index in [9.17, 15) is 0 Å². The monoisotopic (exact) mass is 112 g/mol. The maximum absolute atomic E-state index is 5.23. The van der Waals surface area contributed by atoms with Gasteiger partial charge >= 0.3 is 0 Å². The van der Waals surface area contributed by atoms with Crippen LogP contribution in [-0.4, -0.2) is 5.84 Å². The molecule has 0 saturated carbocycles. The van der Waals surface area contributed by atoms with E-state index in [2.05, 4.69) is 11.9 Å². The highest BCUT2D eigenvalue weighted by Gasteiger charge is 1.68. The molecule has 0 rings (SSSR count). The molecule has 46 valence electrons. The molecule has 0 aliphatic carbocycles. The van der Waals surface area contributed by atoms with E-state index < -0.39 is 0 Å². The number of aliphatic imine (C=N–C) groups is 1. The number of amidine groups is 1. The van der Waals surface area contributed by atoms with Crippen LogP contribution in [0.1, 0.15) is 20.3 Å². The maximum atomic E-state index is 5.23. The quantitative estimate of drug-likeness (QED) is 0.424. The van der Waals surface area contributed by atoms with Gasteiger partial charge < -0.3 is 5.73 Å². The van der Waals surface area contributed by atoms with Gasteiger partial charge in [-0.25, -0.2) is 4.99 Å². The first kappa shape index (κ1) is 7.21. The summed E-state index contributed by atoms with van der Waals surface area (Å²) in [7, 11) is 0. The van der Waals surface area contributed by atoms with Crippen LogP contribution in [0.25, 0.3) is 0 Å². The van der Waals surface area contributed by atoms with E-state index in [4.69, 9.17) is 5.73 Å². The molecule has 0 unspecified atom stereocenters. The highest BCUT2D eigenvalue weighted by atomic mass is 14.8. The summed E-state index contributed by atoms with van der Waals surface area (Å²) in [5.74, 6) is 0.606. The lowest BCUT2D eigenvalue weighted by Gasteiger charge is -1.81. The van der Waals surface area contributed by atoms with Gasteiger partial charge in [0.05, 0.1) is 5.84 Å². The number of allylic oxidation sites excluding steroid dienone is 1. The summed E-state index contributed by atoms with van der Waals surface area (Å²) in [6.07, 6.45) is 4.68. The minimum absolute atomic E-state index is 0.606. The molecule has 8 heavy (non-hydrogen) atoms. The van der Waals surface area contributed by atoms with Gasteiger partial charge in [-0.1, -0.05) is 13.0 Å². The number of rotatable bonds is 2. The van der Waals surface area contributed by atoms with Gasteiger partial charge in [0.2, 0.25) is 0 Å². The van der Waals surface area contributed by atoms with Crippen molar-refractivity contribution in [2.75, 3.05) is 0 Å². The number of hydrogen-bond acceptors (Lipinski definition) is 1. The fourth-order valence-electron chi connectivity index (χ4n) is 0.276. The standard InChI is InChI=1S/C6H12N2/c1-3-4-5-8-6(2)7/h4-5H,3H2,1-2H3,(H2,7,8)/b5-4-. The molecule has 0 bridgehead atoms. The summed E-state index contributed by atoms with van der Waals surface area (Å²) < 4.78 is 0. The molecule has 0 saturated heterocycles. The molecule has 0 aliphatic heterocycles. The topological polar surface area (TPSA) is 38.4 Å². The van der Waals surface area contributed by atoms with Gasteiger partial charge in [-0.05, 0) is 13.3 Å². The Kier molecular flexibility index (Phi) is 3.94. The Morgan fingerprint density at radius 3 is 2.75 bits per heavy atom. The largest absolute Gasteiger partial charge is 0.387 e. The van der Waals surface area contributed by atoms with E-state index in [-0.39, 0.29) is 0 Å². The Morgan fingerprint density at radius 1 is 1.75 bits per heavy atom. The Morgan fingerprint density at radius 2 is 2.38 bits per heavy atom. The zero-order valence-electron chi connectivity index (χ0n) is 5.39. The van der Waals surface area contributed by atoms with Crippen LogP contribution < -0.4 is 5.73 Å². The lowest BCUT2D eigenvalue weighted by Crippen LogP contribution is -2.03. The van der Waals surface area contributed by atoms with Crippen LogP contribution in [0, 0.1) is 0 Å². The van der Waals surface area contributed by atoms with Gasteiger partial charge in [-0.15, -0.1) is 0 Å². The molecule has 2 nitrogen and oxygen atoms in total. The van der Waals surface area contributed by atoms with E-state index in [0.717, 1.165) is 6.42 Å². The third-order valence-corrected chi connectivity index (χ3v) is 0.619. The minimum atomic E-state index is 0.606. The number of hydrogen-bond donors (Lipinski definition) is 1. The van der Waals surface area contributed by atoms with E-state index in [1.54, 1.807) is 13.1 Å². The smallest absolute Gasteiger partial charge is 0.0957 e. The number of nitrogens with two attached hydrogens (primary N) is 1. The highest BCUT2D eigenvalue weighted by molar-refractivity contribution is 5.77. The fourth-order valence-corrected chi connectivity index (χ4v) is 0.276.